The predicted octanol–water partition coefficient (Wildman–Crippen LogP) is 2.24. The van der Waals surface area contributed by atoms with E-state index in [9.17, 15) is 14.9 Å². The number of hydrogen-bond donors (Lipinski definition) is 1. The monoisotopic (exact) mass is 351 g/mol. The topological polar surface area (TPSA) is 98.7 Å². The molecule has 0 fully saturated rings. The van der Waals surface area contributed by atoms with Crippen LogP contribution in [0.3, 0.4) is 0 Å². The van der Waals surface area contributed by atoms with Crippen LogP contribution in [0.4, 0.5) is 5.69 Å². The minimum atomic E-state index is -0.871. The molecule has 1 aromatic rings. The molecular weight excluding hydrogens is 333 g/mol. The molecule has 9 heteroatoms. The maximum atomic E-state index is 12.1. The molecule has 0 aromatic heterocycles. The van der Waals surface area contributed by atoms with E-state index in [0.717, 1.165) is 0 Å². The third-order valence-corrected chi connectivity index (χ3v) is 3.35. The van der Waals surface area contributed by atoms with E-state index in [4.69, 9.17) is 22.1 Å². The molecule has 22 heavy (non-hydrogen) atoms. The Kier molecular flexibility index (Phi) is 8.15. The largest absolute Gasteiger partial charge is 0.474 e. The molecule has 2 unspecified atom stereocenters. The normalized spacial score (nSPS) is 12.8. The molecule has 1 amide bonds. The number of likely N-dealkylation sites (N-methyl/N-ethyl adjacent to an activating group) is 1. The fourth-order valence-corrected chi connectivity index (χ4v) is 1.80. The first-order valence-corrected chi connectivity index (χ1v) is 6.73. The summed E-state index contributed by atoms with van der Waals surface area (Å²) in [4.78, 5) is 24.0. The molecule has 0 aliphatic heterocycles. The molecule has 0 saturated carbocycles. The third kappa shape index (κ3) is 5.01. The number of halogens is 2. The van der Waals surface area contributed by atoms with Crippen LogP contribution in [0.15, 0.2) is 18.2 Å². The lowest BCUT2D eigenvalue weighted by molar-refractivity contribution is -0.386. The average molecular weight is 352 g/mol. The van der Waals surface area contributed by atoms with Crippen LogP contribution in [0.2, 0.25) is 5.02 Å². The Morgan fingerprint density at radius 2 is 2.09 bits per heavy atom. The van der Waals surface area contributed by atoms with Gasteiger partial charge in [0.1, 0.15) is 0 Å². The van der Waals surface area contributed by atoms with Crippen molar-refractivity contribution in [3.8, 4) is 5.75 Å². The first kappa shape index (κ1) is 20.4. The number of nitrogens with zero attached hydrogens (tertiary/aromatic N) is 2. The predicted molar refractivity (Wildman–Crippen MR) is 86.7 cm³/mol. The highest BCUT2D eigenvalue weighted by Gasteiger charge is 2.25. The standard InChI is InChI=1S/C13H18ClN3O4.ClH/c1-8(7-15)16(3)13(18)9(2)21-12-5-4-10(14)6-11(12)17(19)20;/h4-6,8-9H,7,15H2,1-3H3;1H. The van der Waals surface area contributed by atoms with Crippen molar-refractivity contribution in [3.63, 3.8) is 0 Å². The average Bonchev–Trinajstić information content (AvgIpc) is 2.46. The van der Waals surface area contributed by atoms with Crippen molar-refractivity contribution < 1.29 is 14.5 Å². The van der Waals surface area contributed by atoms with Crippen LogP contribution in [0, 0.1) is 10.1 Å². The van der Waals surface area contributed by atoms with Crippen molar-refractivity contribution in [3.05, 3.63) is 33.3 Å². The molecule has 0 aliphatic rings. The molecule has 2 atom stereocenters. The Morgan fingerprint density at radius 1 is 1.50 bits per heavy atom. The first-order valence-electron chi connectivity index (χ1n) is 6.35. The van der Waals surface area contributed by atoms with Gasteiger partial charge in [-0.05, 0) is 26.0 Å². The summed E-state index contributed by atoms with van der Waals surface area (Å²) in [7, 11) is 1.61. The lowest BCUT2D eigenvalue weighted by atomic mass is 10.2. The molecule has 0 bridgehead atoms. The zero-order chi connectivity index (χ0) is 16.2. The van der Waals surface area contributed by atoms with Gasteiger partial charge in [0.2, 0.25) is 0 Å². The van der Waals surface area contributed by atoms with E-state index >= 15 is 0 Å². The summed E-state index contributed by atoms with van der Waals surface area (Å²) in [6.45, 7) is 3.64. The number of rotatable bonds is 6. The van der Waals surface area contributed by atoms with E-state index in [1.165, 1.54) is 30.0 Å². The van der Waals surface area contributed by atoms with Crippen molar-refractivity contribution in [2.24, 2.45) is 5.73 Å². The van der Waals surface area contributed by atoms with Gasteiger partial charge in [0.05, 0.1) is 4.92 Å². The number of nitro benzene ring substituents is 1. The highest BCUT2D eigenvalue weighted by Crippen LogP contribution is 2.30. The fourth-order valence-electron chi connectivity index (χ4n) is 1.64. The van der Waals surface area contributed by atoms with Crippen LogP contribution in [-0.2, 0) is 4.79 Å². The van der Waals surface area contributed by atoms with Gasteiger partial charge in [-0.3, -0.25) is 14.9 Å². The maximum absolute atomic E-state index is 12.1. The number of carbonyl (C=O) groups excluding carboxylic acids is 1. The number of benzene rings is 1. The van der Waals surface area contributed by atoms with Crippen molar-refractivity contribution >= 4 is 35.6 Å². The highest BCUT2D eigenvalue weighted by molar-refractivity contribution is 6.30. The van der Waals surface area contributed by atoms with Crippen LogP contribution >= 0.6 is 24.0 Å². The van der Waals surface area contributed by atoms with Gasteiger partial charge in [-0.25, -0.2) is 0 Å². The van der Waals surface area contributed by atoms with Crippen LogP contribution in [-0.4, -0.2) is 41.5 Å². The van der Waals surface area contributed by atoms with Crippen LogP contribution in [0.25, 0.3) is 0 Å². The van der Waals surface area contributed by atoms with E-state index in [0.29, 0.717) is 6.54 Å². The fraction of sp³-hybridized carbons (Fsp3) is 0.462. The molecule has 0 aliphatic carbocycles. The zero-order valence-electron chi connectivity index (χ0n) is 12.5. The lowest BCUT2D eigenvalue weighted by Gasteiger charge is -2.26. The third-order valence-electron chi connectivity index (χ3n) is 3.12. The summed E-state index contributed by atoms with van der Waals surface area (Å²) >= 11 is 5.72. The molecule has 0 saturated heterocycles. The number of nitro groups is 1. The summed E-state index contributed by atoms with van der Waals surface area (Å²) in [6.07, 6.45) is -0.871. The van der Waals surface area contributed by atoms with Crippen LogP contribution in [0.5, 0.6) is 5.75 Å². The summed E-state index contributed by atoms with van der Waals surface area (Å²) in [6, 6.07) is 3.87. The van der Waals surface area contributed by atoms with Gasteiger partial charge in [0.15, 0.2) is 11.9 Å². The second kappa shape index (κ2) is 8.77. The highest BCUT2D eigenvalue weighted by atomic mass is 35.5. The number of amides is 1. The second-order valence-electron chi connectivity index (χ2n) is 4.66. The van der Waals surface area contributed by atoms with Crippen molar-refractivity contribution in [1.82, 2.24) is 4.90 Å². The van der Waals surface area contributed by atoms with Gasteiger partial charge < -0.3 is 15.4 Å². The van der Waals surface area contributed by atoms with Crippen LogP contribution in [0.1, 0.15) is 13.8 Å². The van der Waals surface area contributed by atoms with Gasteiger partial charge in [0.25, 0.3) is 5.91 Å². The Labute approximate surface area is 139 Å². The molecule has 0 spiro atoms. The number of nitrogens with two attached hydrogens (primary N) is 1. The Balaban J connectivity index is 0.00000441. The van der Waals surface area contributed by atoms with Crippen molar-refractivity contribution in [2.75, 3.05) is 13.6 Å². The number of ether oxygens (including phenoxy) is 1. The molecule has 0 heterocycles. The van der Waals surface area contributed by atoms with Gasteiger partial charge in [-0.1, -0.05) is 11.6 Å². The second-order valence-corrected chi connectivity index (χ2v) is 5.10. The summed E-state index contributed by atoms with van der Waals surface area (Å²) < 4.78 is 5.41. The van der Waals surface area contributed by atoms with Gasteiger partial charge in [0, 0.05) is 30.7 Å². The maximum Gasteiger partial charge on any atom is 0.312 e. The van der Waals surface area contributed by atoms with E-state index in [1.54, 1.807) is 14.0 Å². The summed E-state index contributed by atoms with van der Waals surface area (Å²) in [5, 5.41) is 11.2. The van der Waals surface area contributed by atoms with Gasteiger partial charge in [-0.15, -0.1) is 12.4 Å². The molecule has 7 nitrogen and oxygen atoms in total. The lowest BCUT2D eigenvalue weighted by Crippen LogP contribution is -2.45. The number of hydrogen-bond acceptors (Lipinski definition) is 5. The first-order chi connectivity index (χ1) is 9.77. The summed E-state index contributed by atoms with van der Waals surface area (Å²) in [5.74, 6) is -0.309. The van der Waals surface area contributed by atoms with E-state index in [2.05, 4.69) is 0 Å². The minimum Gasteiger partial charge on any atom is -0.474 e. The zero-order valence-corrected chi connectivity index (χ0v) is 14.1. The van der Waals surface area contributed by atoms with Crippen molar-refractivity contribution in [2.45, 2.75) is 26.0 Å². The van der Waals surface area contributed by atoms with Crippen molar-refractivity contribution in [1.29, 1.82) is 0 Å². The van der Waals surface area contributed by atoms with Gasteiger partial charge >= 0.3 is 5.69 Å². The van der Waals surface area contributed by atoms with E-state index in [-0.39, 0.29) is 40.8 Å². The molecular formula is C13H19Cl2N3O4. The number of carbonyl (C=O) groups is 1. The molecule has 1 rings (SSSR count). The molecule has 2 N–H and O–H groups in total. The van der Waals surface area contributed by atoms with Gasteiger partial charge in [-0.2, -0.15) is 0 Å². The minimum absolute atomic E-state index is 0. The van der Waals surface area contributed by atoms with E-state index < -0.39 is 11.0 Å². The molecule has 0 radical (unpaired) electrons. The SMILES string of the molecule is CC(Oc1ccc(Cl)cc1[N+](=O)[O-])C(=O)N(C)C(C)CN.Cl. The Bertz CT molecular complexity index is 542. The van der Waals surface area contributed by atoms with Crippen LogP contribution < -0.4 is 10.5 Å². The van der Waals surface area contributed by atoms with E-state index in [1.807, 2.05) is 0 Å². The smallest absolute Gasteiger partial charge is 0.312 e. The molecule has 1 aromatic carbocycles. The quantitative estimate of drug-likeness (QED) is 0.625. The Hall–Kier alpha value is -1.57. The summed E-state index contributed by atoms with van der Waals surface area (Å²) in [5.41, 5.74) is 5.22. The molecule has 124 valence electrons. The Morgan fingerprint density at radius 3 is 2.59 bits per heavy atom.